The topological polar surface area (TPSA) is 47.9 Å². The molecule has 2 heterocycles. The number of aromatic nitrogens is 3. The van der Waals surface area contributed by atoms with E-state index < -0.39 is 0 Å². The zero-order valence-electron chi connectivity index (χ0n) is 29.8. The highest BCUT2D eigenvalue weighted by atomic mass is 16.5. The summed E-state index contributed by atoms with van der Waals surface area (Å²) in [5.41, 5.74) is 8.80. The van der Waals surface area contributed by atoms with Gasteiger partial charge in [0.1, 0.15) is 11.9 Å². The molecule has 1 aromatic heterocycles. The van der Waals surface area contributed by atoms with Crippen molar-refractivity contribution in [1.29, 1.82) is 0 Å². The minimum atomic E-state index is -0.0533. The molecule has 4 heteroatoms. The fraction of sp³-hybridized carbons (Fsp3) is 0.0392. The van der Waals surface area contributed by atoms with Crippen molar-refractivity contribution >= 4 is 37.9 Å². The molecule has 0 spiro atoms. The minimum Gasteiger partial charge on any atom is -0.485 e. The first-order valence-corrected chi connectivity index (χ1v) is 18.8. The number of nitrogens with zero attached hydrogens (tertiary/aromatic N) is 3. The van der Waals surface area contributed by atoms with Crippen LogP contribution < -0.4 is 4.74 Å². The van der Waals surface area contributed by atoms with Gasteiger partial charge in [-0.25, -0.2) is 15.0 Å². The first-order chi connectivity index (χ1) is 27.2. The predicted octanol–water partition coefficient (Wildman–Crippen LogP) is 12.5. The molecule has 0 fully saturated rings. The van der Waals surface area contributed by atoms with Crippen LogP contribution in [0.5, 0.6) is 5.75 Å². The van der Waals surface area contributed by atoms with E-state index in [4.69, 9.17) is 19.7 Å². The van der Waals surface area contributed by atoms with E-state index in [1.807, 2.05) is 60.7 Å². The van der Waals surface area contributed by atoms with Crippen molar-refractivity contribution in [2.75, 3.05) is 0 Å². The first kappa shape index (κ1) is 31.4. The van der Waals surface area contributed by atoms with Gasteiger partial charge < -0.3 is 4.74 Å². The second kappa shape index (κ2) is 12.8. The van der Waals surface area contributed by atoms with E-state index in [9.17, 15) is 0 Å². The number of hydrogen-bond acceptors (Lipinski definition) is 4. The number of benzene rings is 8. The Balaban J connectivity index is 0.965. The molecule has 0 amide bonds. The Kier molecular flexibility index (Phi) is 7.27. The van der Waals surface area contributed by atoms with Crippen molar-refractivity contribution in [1.82, 2.24) is 15.0 Å². The van der Waals surface area contributed by atoms with E-state index in [0.29, 0.717) is 17.5 Å². The fourth-order valence-corrected chi connectivity index (χ4v) is 8.43. The molecular formula is C51H33N3O. The predicted molar refractivity (Wildman–Crippen MR) is 225 cm³/mol. The van der Waals surface area contributed by atoms with E-state index in [0.717, 1.165) is 28.0 Å². The van der Waals surface area contributed by atoms with E-state index in [-0.39, 0.29) is 12.0 Å². The quantitative estimate of drug-likeness (QED) is 0.167. The maximum Gasteiger partial charge on any atom is 0.164 e. The Labute approximate surface area is 318 Å². The van der Waals surface area contributed by atoms with Crippen LogP contribution in [0.2, 0.25) is 0 Å². The zero-order chi connectivity index (χ0) is 36.3. The Hall–Kier alpha value is -7.17. The summed E-state index contributed by atoms with van der Waals surface area (Å²) >= 11 is 0. The monoisotopic (exact) mass is 703 g/mol. The summed E-state index contributed by atoms with van der Waals surface area (Å²) in [4.78, 5) is 14.7. The number of ether oxygens (including phenoxy) is 1. The summed E-state index contributed by atoms with van der Waals surface area (Å²) in [6.45, 7) is 0. The van der Waals surface area contributed by atoms with Crippen LogP contribution in [0.15, 0.2) is 188 Å². The van der Waals surface area contributed by atoms with Crippen molar-refractivity contribution in [3.8, 4) is 51.0 Å². The van der Waals surface area contributed by atoms with E-state index in [1.54, 1.807) is 0 Å². The van der Waals surface area contributed by atoms with Crippen LogP contribution in [0.1, 0.15) is 17.0 Å². The number of rotatable bonds is 5. The van der Waals surface area contributed by atoms with Gasteiger partial charge in [-0.05, 0) is 72.8 Å². The van der Waals surface area contributed by atoms with Crippen LogP contribution in [-0.2, 0) is 0 Å². The van der Waals surface area contributed by atoms with Gasteiger partial charge in [-0.15, -0.1) is 0 Å². The summed E-state index contributed by atoms with van der Waals surface area (Å²) in [6.07, 6.45) is 6.73. The number of allylic oxidation sites excluding steroid dienone is 2. The third-order valence-electron chi connectivity index (χ3n) is 11.1. The number of fused-ring (bicyclic) bond motifs is 9. The summed E-state index contributed by atoms with van der Waals surface area (Å²) < 4.78 is 6.59. The molecule has 258 valence electrons. The lowest BCUT2D eigenvalue weighted by Crippen LogP contribution is -2.17. The van der Waals surface area contributed by atoms with Gasteiger partial charge in [0.15, 0.2) is 17.5 Å². The maximum atomic E-state index is 6.59. The lowest BCUT2D eigenvalue weighted by Gasteiger charge is -2.20. The lowest BCUT2D eigenvalue weighted by molar-refractivity contribution is 0.269. The molecule has 0 saturated heterocycles. The van der Waals surface area contributed by atoms with Crippen LogP contribution >= 0.6 is 0 Å². The molecule has 8 aromatic carbocycles. The van der Waals surface area contributed by atoms with Crippen molar-refractivity contribution in [3.05, 3.63) is 199 Å². The van der Waals surface area contributed by atoms with Crippen molar-refractivity contribution in [2.24, 2.45) is 0 Å². The molecule has 2 atom stereocenters. The van der Waals surface area contributed by atoms with Crippen LogP contribution in [0.25, 0.3) is 83.2 Å². The zero-order valence-corrected chi connectivity index (χ0v) is 29.8. The third-order valence-corrected chi connectivity index (χ3v) is 11.1. The van der Waals surface area contributed by atoms with Gasteiger partial charge in [0, 0.05) is 28.2 Å². The molecule has 4 nitrogen and oxygen atoms in total. The molecule has 9 aromatic rings. The summed E-state index contributed by atoms with van der Waals surface area (Å²) in [5.74, 6) is 2.99. The first-order valence-electron chi connectivity index (χ1n) is 18.8. The van der Waals surface area contributed by atoms with Gasteiger partial charge >= 0.3 is 0 Å². The van der Waals surface area contributed by atoms with Gasteiger partial charge in [-0.3, -0.25) is 0 Å². The standard InChI is InChI=1S/C51H33N3O/c1-3-12-33(13-4-1)49-52-50(34-14-5-2-6-15-34)54-51(53-49)35-24-22-32(23-25-35)36-27-29-46-45(30-36)48-38(20-11-21-47(48)55-46)37-26-28-43-41-18-8-7-16-39(41)40-17-9-10-19-42(40)44(43)31-37/h1-31,45-46H. The second-order valence-electron chi connectivity index (χ2n) is 14.3. The van der Waals surface area contributed by atoms with Gasteiger partial charge in [0.2, 0.25) is 0 Å². The van der Waals surface area contributed by atoms with Crippen LogP contribution in [-0.4, -0.2) is 21.1 Å². The fourth-order valence-electron chi connectivity index (χ4n) is 8.43. The average Bonchev–Trinajstić information content (AvgIpc) is 3.65. The number of hydrogen-bond donors (Lipinski definition) is 0. The summed E-state index contributed by atoms with van der Waals surface area (Å²) in [7, 11) is 0. The van der Waals surface area contributed by atoms with Crippen molar-refractivity contribution < 1.29 is 4.74 Å². The smallest absolute Gasteiger partial charge is 0.164 e. The molecule has 0 bridgehead atoms. The largest absolute Gasteiger partial charge is 0.485 e. The van der Waals surface area contributed by atoms with Gasteiger partial charge in [0.05, 0.1) is 0 Å². The van der Waals surface area contributed by atoms with Gasteiger partial charge in [-0.1, -0.05) is 170 Å². The van der Waals surface area contributed by atoms with Gasteiger partial charge in [0.25, 0.3) is 0 Å². The SMILES string of the molecule is C1=CC2Oc3cccc(-c4ccc5c6ccccc6c6ccccc6c5c4)c3C2C=C1c1ccc(-c2nc(-c3ccccc3)nc(-c3ccccc3)n2)cc1. The van der Waals surface area contributed by atoms with E-state index in [2.05, 4.69) is 127 Å². The highest BCUT2D eigenvalue weighted by Crippen LogP contribution is 2.49. The van der Waals surface area contributed by atoms with Crippen LogP contribution in [0.4, 0.5) is 0 Å². The maximum absolute atomic E-state index is 6.59. The van der Waals surface area contributed by atoms with Crippen LogP contribution in [0.3, 0.4) is 0 Å². The molecule has 1 aliphatic heterocycles. The molecule has 55 heavy (non-hydrogen) atoms. The van der Waals surface area contributed by atoms with Crippen LogP contribution in [0, 0.1) is 0 Å². The van der Waals surface area contributed by atoms with Gasteiger partial charge in [-0.2, -0.15) is 0 Å². The Morgan fingerprint density at radius 2 is 0.891 bits per heavy atom. The molecular weight excluding hydrogens is 671 g/mol. The summed E-state index contributed by atoms with van der Waals surface area (Å²) in [6, 6.07) is 59.7. The summed E-state index contributed by atoms with van der Waals surface area (Å²) in [5, 5.41) is 7.67. The molecule has 1 aliphatic carbocycles. The second-order valence-corrected chi connectivity index (χ2v) is 14.3. The van der Waals surface area contributed by atoms with Crippen molar-refractivity contribution in [2.45, 2.75) is 12.0 Å². The highest BCUT2D eigenvalue weighted by Gasteiger charge is 2.35. The molecule has 0 radical (unpaired) electrons. The normalized spacial score (nSPS) is 15.8. The molecule has 11 rings (SSSR count). The van der Waals surface area contributed by atoms with E-state index in [1.165, 1.54) is 54.6 Å². The van der Waals surface area contributed by atoms with Crippen molar-refractivity contribution in [3.63, 3.8) is 0 Å². The average molecular weight is 704 g/mol. The highest BCUT2D eigenvalue weighted by molar-refractivity contribution is 6.25. The Morgan fingerprint density at radius 3 is 1.49 bits per heavy atom. The third kappa shape index (κ3) is 5.33. The Bertz CT molecular complexity index is 2910. The minimum absolute atomic E-state index is 0.0533. The lowest BCUT2D eigenvalue weighted by atomic mass is 9.83. The van der Waals surface area contributed by atoms with E-state index >= 15 is 0 Å². The molecule has 2 aliphatic rings. The molecule has 0 saturated carbocycles. The molecule has 0 N–H and O–H groups in total. The Morgan fingerprint density at radius 1 is 0.400 bits per heavy atom. The molecule has 2 unspecified atom stereocenters.